The zero-order valence-corrected chi connectivity index (χ0v) is 20.9. The molecule has 0 saturated heterocycles. The summed E-state index contributed by atoms with van der Waals surface area (Å²) < 4.78 is 40.9. The quantitative estimate of drug-likeness (QED) is 0.273. The number of anilines is 2. The van der Waals surface area contributed by atoms with Crippen LogP contribution in [0.1, 0.15) is 58.3 Å². The Balaban J connectivity index is 1.61. The lowest BCUT2D eigenvalue weighted by molar-refractivity contribution is -0.137. The second-order valence-electron chi connectivity index (χ2n) is 9.53. The number of carbonyl (C=O) groups excluding carboxylic acids is 1. The number of carboxylic acids is 1. The van der Waals surface area contributed by atoms with E-state index in [1.165, 1.54) is 12.1 Å². The molecule has 9 nitrogen and oxygen atoms in total. The first-order valence-corrected chi connectivity index (χ1v) is 12.4. The van der Waals surface area contributed by atoms with E-state index in [0.29, 0.717) is 22.6 Å². The Bertz CT molecular complexity index is 1520. The number of amides is 1. The van der Waals surface area contributed by atoms with Gasteiger partial charge in [0.1, 0.15) is 5.52 Å². The molecule has 0 aliphatic heterocycles. The Labute approximate surface area is 221 Å². The van der Waals surface area contributed by atoms with E-state index in [9.17, 15) is 27.9 Å². The molecule has 39 heavy (non-hydrogen) atoms. The van der Waals surface area contributed by atoms with Gasteiger partial charge in [-0.3, -0.25) is 10.1 Å². The lowest BCUT2D eigenvalue weighted by Gasteiger charge is -2.32. The highest BCUT2D eigenvalue weighted by molar-refractivity contribution is 6.04. The Morgan fingerprint density at radius 3 is 2.33 bits per heavy atom. The van der Waals surface area contributed by atoms with E-state index in [1.807, 2.05) is 6.92 Å². The smallest absolute Gasteiger partial charge is 0.416 e. The van der Waals surface area contributed by atoms with Crippen molar-refractivity contribution in [2.75, 3.05) is 10.6 Å². The number of fused-ring (bicyclic) bond motifs is 1. The lowest BCUT2D eigenvalue weighted by atomic mass is 9.80. The van der Waals surface area contributed by atoms with Gasteiger partial charge in [0.25, 0.3) is 5.91 Å². The van der Waals surface area contributed by atoms with Crippen molar-refractivity contribution in [1.82, 2.24) is 19.5 Å². The SMILES string of the molecule is CC(Nc1nc(C(=O)O)nc2nc(NC(=O)c3ccccc3)n(Cc3ccc(C(F)(F)F)cc3)c12)C1CCC1. The highest BCUT2D eigenvalue weighted by Gasteiger charge is 2.30. The maximum absolute atomic E-state index is 13.1. The maximum atomic E-state index is 13.1. The van der Waals surface area contributed by atoms with Crippen molar-refractivity contribution in [1.29, 1.82) is 0 Å². The van der Waals surface area contributed by atoms with E-state index in [1.54, 1.807) is 34.9 Å². The third-order valence-electron chi connectivity index (χ3n) is 6.90. The first-order valence-electron chi connectivity index (χ1n) is 12.4. The molecular formula is C27H25F3N6O3. The fourth-order valence-electron chi connectivity index (χ4n) is 4.50. The predicted molar refractivity (Wildman–Crippen MR) is 138 cm³/mol. The van der Waals surface area contributed by atoms with E-state index in [0.717, 1.165) is 31.4 Å². The summed E-state index contributed by atoms with van der Waals surface area (Å²) in [5.74, 6) is -1.63. The van der Waals surface area contributed by atoms with E-state index in [-0.39, 0.29) is 30.0 Å². The zero-order chi connectivity index (χ0) is 27.7. The van der Waals surface area contributed by atoms with Crippen LogP contribution in [0.2, 0.25) is 0 Å². The number of hydrogen-bond acceptors (Lipinski definition) is 6. The van der Waals surface area contributed by atoms with Crippen LogP contribution in [0.3, 0.4) is 0 Å². The number of nitrogens with one attached hydrogen (secondary N) is 2. The minimum absolute atomic E-state index is 0.0152. The van der Waals surface area contributed by atoms with Crippen molar-refractivity contribution in [3.63, 3.8) is 0 Å². The molecule has 1 aliphatic rings. The molecule has 12 heteroatoms. The number of imidazole rings is 1. The molecule has 2 heterocycles. The number of benzene rings is 2. The Hall–Kier alpha value is -4.48. The van der Waals surface area contributed by atoms with E-state index < -0.39 is 29.4 Å². The summed E-state index contributed by atoms with van der Waals surface area (Å²) in [4.78, 5) is 37.5. The molecule has 1 saturated carbocycles. The number of carbonyl (C=O) groups is 2. The molecule has 2 aromatic heterocycles. The van der Waals surface area contributed by atoms with Gasteiger partial charge in [-0.1, -0.05) is 36.8 Å². The van der Waals surface area contributed by atoms with Crippen molar-refractivity contribution in [2.24, 2.45) is 5.92 Å². The second-order valence-corrected chi connectivity index (χ2v) is 9.53. The van der Waals surface area contributed by atoms with Crippen LogP contribution in [0.4, 0.5) is 24.9 Å². The summed E-state index contributed by atoms with van der Waals surface area (Å²) in [6, 6.07) is 13.0. The summed E-state index contributed by atoms with van der Waals surface area (Å²) in [5, 5.41) is 15.7. The summed E-state index contributed by atoms with van der Waals surface area (Å²) in [5.41, 5.74) is 0.429. The summed E-state index contributed by atoms with van der Waals surface area (Å²) in [6.45, 7) is 1.99. The van der Waals surface area contributed by atoms with Crippen LogP contribution in [0.5, 0.6) is 0 Å². The van der Waals surface area contributed by atoms with Gasteiger partial charge in [0, 0.05) is 11.6 Å². The van der Waals surface area contributed by atoms with Crippen molar-refractivity contribution in [2.45, 2.75) is 44.9 Å². The van der Waals surface area contributed by atoms with Gasteiger partial charge in [0.15, 0.2) is 11.5 Å². The Kier molecular flexibility index (Phi) is 6.94. The molecule has 1 aliphatic carbocycles. The van der Waals surface area contributed by atoms with Crippen LogP contribution in [0.15, 0.2) is 54.6 Å². The van der Waals surface area contributed by atoms with Crippen molar-refractivity contribution < 1.29 is 27.9 Å². The summed E-state index contributed by atoms with van der Waals surface area (Å²) in [6.07, 6.45) is -1.32. The molecule has 3 N–H and O–H groups in total. The monoisotopic (exact) mass is 538 g/mol. The molecule has 202 valence electrons. The number of carboxylic acid groups (broad SMARTS) is 1. The molecular weight excluding hydrogens is 513 g/mol. The highest BCUT2D eigenvalue weighted by Crippen LogP contribution is 2.34. The fourth-order valence-corrected chi connectivity index (χ4v) is 4.50. The maximum Gasteiger partial charge on any atom is 0.416 e. The topological polar surface area (TPSA) is 122 Å². The standard InChI is InChI=1S/C27H25F3N6O3/c1-15(17-8-5-9-17)31-21-20-22(33-23(32-21)25(38)39)34-26(35-24(37)18-6-3-2-4-7-18)36(20)14-16-10-12-19(13-11-16)27(28,29)30/h2-4,6-7,10-13,15,17H,5,8-9,14H2,1H3,(H,38,39)(H2,31,32,33,34,35,37). The number of rotatable bonds is 8. The van der Waals surface area contributed by atoms with Crippen LogP contribution in [0, 0.1) is 5.92 Å². The molecule has 0 bridgehead atoms. The van der Waals surface area contributed by atoms with Crippen LogP contribution in [-0.4, -0.2) is 42.5 Å². The average Bonchev–Trinajstić information content (AvgIpc) is 3.20. The van der Waals surface area contributed by atoms with Crippen molar-refractivity contribution in [3.8, 4) is 0 Å². The van der Waals surface area contributed by atoms with Gasteiger partial charge in [-0.05, 0) is 55.5 Å². The Morgan fingerprint density at radius 2 is 1.74 bits per heavy atom. The highest BCUT2D eigenvalue weighted by atomic mass is 19.4. The van der Waals surface area contributed by atoms with Gasteiger partial charge in [-0.2, -0.15) is 18.2 Å². The summed E-state index contributed by atoms with van der Waals surface area (Å²) in [7, 11) is 0. The van der Waals surface area contributed by atoms with E-state index in [4.69, 9.17) is 0 Å². The second kappa shape index (κ2) is 10.4. The third-order valence-corrected chi connectivity index (χ3v) is 6.90. The minimum Gasteiger partial charge on any atom is -0.475 e. The van der Waals surface area contributed by atoms with E-state index >= 15 is 0 Å². The van der Waals surface area contributed by atoms with Crippen LogP contribution >= 0.6 is 0 Å². The minimum atomic E-state index is -4.48. The molecule has 1 atom stereocenters. The molecule has 0 spiro atoms. The normalized spacial score (nSPS) is 14.6. The number of halogens is 3. The van der Waals surface area contributed by atoms with Gasteiger partial charge < -0.3 is 15.0 Å². The first kappa shape index (κ1) is 26.1. The lowest BCUT2D eigenvalue weighted by Crippen LogP contribution is -2.31. The average molecular weight is 539 g/mol. The number of aromatic nitrogens is 4. The molecule has 4 aromatic rings. The zero-order valence-electron chi connectivity index (χ0n) is 20.9. The van der Waals surface area contributed by atoms with Crippen LogP contribution in [0.25, 0.3) is 11.2 Å². The predicted octanol–water partition coefficient (Wildman–Crippen LogP) is 5.44. The molecule has 0 radical (unpaired) electrons. The van der Waals surface area contributed by atoms with Crippen LogP contribution < -0.4 is 10.6 Å². The van der Waals surface area contributed by atoms with Crippen LogP contribution in [-0.2, 0) is 12.7 Å². The van der Waals surface area contributed by atoms with Gasteiger partial charge in [0.2, 0.25) is 11.8 Å². The summed E-state index contributed by atoms with van der Waals surface area (Å²) >= 11 is 0. The largest absolute Gasteiger partial charge is 0.475 e. The van der Waals surface area contributed by atoms with E-state index in [2.05, 4.69) is 25.6 Å². The van der Waals surface area contributed by atoms with Gasteiger partial charge in [-0.15, -0.1) is 0 Å². The molecule has 1 unspecified atom stereocenters. The molecule has 2 aromatic carbocycles. The molecule has 1 amide bonds. The third kappa shape index (κ3) is 5.54. The van der Waals surface area contributed by atoms with Crippen molar-refractivity contribution >= 4 is 34.8 Å². The number of alkyl halides is 3. The van der Waals surface area contributed by atoms with Gasteiger partial charge in [0.05, 0.1) is 12.1 Å². The number of nitrogens with zero attached hydrogens (tertiary/aromatic N) is 4. The molecule has 1 fully saturated rings. The van der Waals surface area contributed by atoms with Crippen molar-refractivity contribution in [3.05, 3.63) is 77.1 Å². The number of hydrogen-bond donors (Lipinski definition) is 3. The first-order chi connectivity index (χ1) is 18.6. The fraction of sp³-hybridized carbons (Fsp3) is 0.296. The van der Waals surface area contributed by atoms with Gasteiger partial charge in [-0.25, -0.2) is 14.8 Å². The van der Waals surface area contributed by atoms with Gasteiger partial charge >= 0.3 is 12.1 Å². The Morgan fingerprint density at radius 1 is 1.05 bits per heavy atom. The molecule has 5 rings (SSSR count). The number of aromatic carboxylic acids is 1.